The number of hydrogen-bond acceptors (Lipinski definition) is 6. The fourth-order valence-corrected chi connectivity index (χ4v) is 4.74. The fourth-order valence-electron chi connectivity index (χ4n) is 3.39. The minimum atomic E-state index is -5.08. The molecule has 0 amide bonds. The maximum absolute atomic E-state index is 12.3. The van der Waals surface area contributed by atoms with Crippen LogP contribution < -0.4 is 0 Å². The number of alkyl halides is 3. The number of hydrogen-bond donors (Lipinski definition) is 1. The van der Waals surface area contributed by atoms with E-state index in [1.807, 2.05) is 16.9 Å². The zero-order chi connectivity index (χ0) is 22.4. The minimum absolute atomic E-state index is 0.0650. The summed E-state index contributed by atoms with van der Waals surface area (Å²) in [5.74, 6) is -2.63. The first-order chi connectivity index (χ1) is 14.1. The Bertz CT molecular complexity index is 772. The molecular formula is C17H26F3N3O6S. The standard InChI is InChI=1S/C15H25N3O4S.C2HF3O2/c1-2-23(19,20)18-12-14(15-13(18)6-3-10-22-15)21-11-5-9-17-8-4-7-16-17;3-2(4,5)1(6)7/h4,7-8,13-15H,2-3,5-6,9-12H2,1H3;(H,6,7)/t13-,14-,15+;/m1./s1. The summed E-state index contributed by atoms with van der Waals surface area (Å²) in [4.78, 5) is 8.90. The average molecular weight is 457 g/mol. The van der Waals surface area contributed by atoms with E-state index in [0.717, 1.165) is 25.8 Å². The zero-order valence-electron chi connectivity index (χ0n) is 16.5. The molecule has 30 heavy (non-hydrogen) atoms. The molecule has 2 aliphatic heterocycles. The lowest BCUT2D eigenvalue weighted by molar-refractivity contribution is -0.192. The van der Waals surface area contributed by atoms with Crippen molar-refractivity contribution in [2.24, 2.45) is 0 Å². The Morgan fingerprint density at radius 3 is 2.67 bits per heavy atom. The molecule has 0 unspecified atom stereocenters. The third kappa shape index (κ3) is 6.65. The summed E-state index contributed by atoms with van der Waals surface area (Å²) >= 11 is 0. The number of aryl methyl sites for hydroxylation is 1. The molecule has 2 aliphatic rings. The van der Waals surface area contributed by atoms with Gasteiger partial charge >= 0.3 is 12.1 Å². The number of sulfonamides is 1. The van der Waals surface area contributed by atoms with Crippen molar-refractivity contribution in [2.45, 2.75) is 57.2 Å². The molecule has 172 valence electrons. The molecule has 3 atom stereocenters. The summed E-state index contributed by atoms with van der Waals surface area (Å²) in [5, 5.41) is 11.3. The van der Waals surface area contributed by atoms with Gasteiger partial charge in [-0.1, -0.05) is 0 Å². The minimum Gasteiger partial charge on any atom is -0.475 e. The highest BCUT2D eigenvalue weighted by molar-refractivity contribution is 7.89. The van der Waals surface area contributed by atoms with Gasteiger partial charge in [0.2, 0.25) is 10.0 Å². The molecule has 0 radical (unpaired) electrons. The van der Waals surface area contributed by atoms with Crippen molar-refractivity contribution < 1.29 is 41.0 Å². The molecule has 0 bridgehead atoms. The van der Waals surface area contributed by atoms with Crippen molar-refractivity contribution in [3.63, 3.8) is 0 Å². The lowest BCUT2D eigenvalue weighted by atomic mass is 10.0. The highest BCUT2D eigenvalue weighted by atomic mass is 32.2. The number of aromatic nitrogens is 2. The monoisotopic (exact) mass is 457 g/mol. The Hall–Kier alpha value is -1.70. The van der Waals surface area contributed by atoms with E-state index in [4.69, 9.17) is 19.4 Å². The van der Waals surface area contributed by atoms with E-state index in [0.29, 0.717) is 19.8 Å². The van der Waals surface area contributed by atoms with Crippen molar-refractivity contribution in [3.8, 4) is 0 Å². The first-order valence-corrected chi connectivity index (χ1v) is 11.2. The topological polar surface area (TPSA) is 111 Å². The summed E-state index contributed by atoms with van der Waals surface area (Å²) in [6.45, 7) is 4.16. The smallest absolute Gasteiger partial charge is 0.475 e. The van der Waals surface area contributed by atoms with Crippen LogP contribution in [0.1, 0.15) is 26.2 Å². The maximum Gasteiger partial charge on any atom is 0.490 e. The average Bonchev–Trinajstić information content (AvgIpc) is 3.33. The molecule has 0 aliphatic carbocycles. The Balaban J connectivity index is 0.000000396. The Labute approximate surface area is 172 Å². The van der Waals surface area contributed by atoms with Crippen LogP contribution in [0.15, 0.2) is 18.5 Å². The lowest BCUT2D eigenvalue weighted by Crippen LogP contribution is -2.44. The summed E-state index contributed by atoms with van der Waals surface area (Å²) in [6, 6.07) is 1.83. The number of rotatable bonds is 7. The number of nitrogens with zero attached hydrogens (tertiary/aromatic N) is 3. The van der Waals surface area contributed by atoms with Gasteiger partial charge < -0.3 is 14.6 Å². The van der Waals surface area contributed by atoms with E-state index >= 15 is 0 Å². The number of carboxylic acid groups (broad SMARTS) is 1. The van der Waals surface area contributed by atoms with E-state index in [1.165, 1.54) is 0 Å². The molecule has 0 aromatic carbocycles. The number of halogens is 3. The lowest BCUT2D eigenvalue weighted by Gasteiger charge is -2.31. The fraction of sp³-hybridized carbons (Fsp3) is 0.765. The number of aliphatic carboxylic acids is 1. The normalized spacial score (nSPS) is 24.7. The van der Waals surface area contributed by atoms with Crippen LogP contribution in [0.4, 0.5) is 13.2 Å². The van der Waals surface area contributed by atoms with E-state index in [9.17, 15) is 21.6 Å². The van der Waals surface area contributed by atoms with Gasteiger partial charge in [0.25, 0.3) is 0 Å². The number of fused-ring (bicyclic) bond motifs is 1. The van der Waals surface area contributed by atoms with Crippen molar-refractivity contribution in [1.82, 2.24) is 14.1 Å². The predicted molar refractivity (Wildman–Crippen MR) is 99.2 cm³/mol. The third-order valence-corrected chi connectivity index (χ3v) is 6.68. The van der Waals surface area contributed by atoms with Gasteiger partial charge in [-0.15, -0.1) is 0 Å². The van der Waals surface area contributed by atoms with E-state index in [-0.39, 0.29) is 24.0 Å². The molecule has 2 fully saturated rings. The summed E-state index contributed by atoms with van der Waals surface area (Å²) < 4.78 is 71.6. The van der Waals surface area contributed by atoms with Crippen LogP contribution in [0.2, 0.25) is 0 Å². The quantitative estimate of drug-likeness (QED) is 0.618. The van der Waals surface area contributed by atoms with E-state index in [2.05, 4.69) is 5.10 Å². The maximum atomic E-state index is 12.3. The molecular weight excluding hydrogens is 431 g/mol. The van der Waals surface area contributed by atoms with Crippen LogP contribution in [0.3, 0.4) is 0 Å². The van der Waals surface area contributed by atoms with Crippen LogP contribution in [0, 0.1) is 0 Å². The largest absolute Gasteiger partial charge is 0.490 e. The van der Waals surface area contributed by atoms with Crippen LogP contribution in [-0.2, 0) is 30.8 Å². The van der Waals surface area contributed by atoms with Gasteiger partial charge in [-0.3, -0.25) is 4.68 Å². The number of carbonyl (C=O) groups is 1. The highest BCUT2D eigenvalue weighted by Crippen LogP contribution is 2.32. The Morgan fingerprint density at radius 1 is 1.40 bits per heavy atom. The summed E-state index contributed by atoms with van der Waals surface area (Å²) in [7, 11) is -3.21. The third-order valence-electron chi connectivity index (χ3n) is 4.82. The predicted octanol–water partition coefficient (Wildman–Crippen LogP) is 1.50. The molecule has 1 N–H and O–H groups in total. The molecule has 0 saturated carbocycles. The van der Waals surface area contributed by atoms with Crippen LogP contribution in [0.25, 0.3) is 0 Å². The first kappa shape index (κ1) is 24.6. The second-order valence-corrected chi connectivity index (χ2v) is 9.06. The molecule has 3 rings (SSSR count). The zero-order valence-corrected chi connectivity index (χ0v) is 17.3. The molecule has 1 aromatic heterocycles. The van der Waals surface area contributed by atoms with Crippen molar-refractivity contribution in [1.29, 1.82) is 0 Å². The van der Waals surface area contributed by atoms with E-state index < -0.39 is 22.2 Å². The second kappa shape index (κ2) is 10.6. The van der Waals surface area contributed by atoms with Gasteiger partial charge in [-0.2, -0.15) is 22.6 Å². The van der Waals surface area contributed by atoms with Crippen molar-refractivity contribution >= 4 is 16.0 Å². The van der Waals surface area contributed by atoms with Crippen molar-refractivity contribution in [3.05, 3.63) is 18.5 Å². The van der Waals surface area contributed by atoms with Gasteiger partial charge in [0.1, 0.15) is 6.10 Å². The molecule has 3 heterocycles. The van der Waals surface area contributed by atoms with Crippen LogP contribution >= 0.6 is 0 Å². The Morgan fingerprint density at radius 2 is 2.10 bits per heavy atom. The van der Waals surface area contributed by atoms with Gasteiger partial charge in [0, 0.05) is 38.7 Å². The van der Waals surface area contributed by atoms with Crippen molar-refractivity contribution in [2.75, 3.05) is 25.5 Å². The molecule has 13 heteroatoms. The number of carboxylic acids is 1. The molecule has 9 nitrogen and oxygen atoms in total. The Kier molecular flexibility index (Phi) is 8.64. The van der Waals surface area contributed by atoms with Gasteiger partial charge in [0.15, 0.2) is 0 Å². The van der Waals surface area contributed by atoms with Gasteiger partial charge in [-0.05, 0) is 32.3 Å². The van der Waals surface area contributed by atoms with E-state index in [1.54, 1.807) is 17.4 Å². The van der Waals surface area contributed by atoms with Crippen LogP contribution in [0.5, 0.6) is 0 Å². The molecule has 0 spiro atoms. The molecule has 2 saturated heterocycles. The SMILES string of the molecule is CCS(=O)(=O)N1C[C@@H](OCCCn2cccn2)[C@H]2OCCC[C@H]21.O=C(O)C(F)(F)F. The highest BCUT2D eigenvalue weighted by Gasteiger charge is 2.48. The first-order valence-electron chi connectivity index (χ1n) is 9.56. The molecule has 1 aromatic rings. The van der Waals surface area contributed by atoms with Crippen LogP contribution in [-0.4, -0.2) is 83.5 Å². The summed E-state index contributed by atoms with van der Waals surface area (Å²) in [5.41, 5.74) is 0. The number of ether oxygens (including phenoxy) is 2. The second-order valence-electron chi connectivity index (χ2n) is 6.85. The van der Waals surface area contributed by atoms with Gasteiger partial charge in [-0.25, -0.2) is 13.2 Å². The van der Waals surface area contributed by atoms with Gasteiger partial charge in [0.05, 0.1) is 17.9 Å². The summed E-state index contributed by atoms with van der Waals surface area (Å²) in [6.07, 6.45) is 0.904.